The highest BCUT2D eigenvalue weighted by Crippen LogP contribution is 2.15. The molecule has 0 amide bonds. The number of piperidine rings is 2. The quantitative estimate of drug-likeness (QED) is 0.471. The van der Waals surface area contributed by atoms with Gasteiger partial charge >= 0.3 is 0 Å². The summed E-state index contributed by atoms with van der Waals surface area (Å²) in [4.78, 5) is 4.08. The van der Waals surface area contributed by atoms with Crippen LogP contribution in [-0.4, -0.2) is 47.8 Å². The molecule has 0 aromatic carbocycles. The van der Waals surface area contributed by atoms with Crippen molar-refractivity contribution in [1.82, 2.24) is 9.80 Å². The number of nitrogens with two attached hydrogens (primary N) is 1. The zero-order chi connectivity index (χ0) is 15.1. The summed E-state index contributed by atoms with van der Waals surface area (Å²) in [6.07, 6.45) is 4.88. The minimum atomic E-state index is 0.229. The van der Waals surface area contributed by atoms with Crippen LogP contribution in [0.15, 0.2) is 0 Å². The van der Waals surface area contributed by atoms with Crippen LogP contribution in [0.3, 0.4) is 0 Å². The fourth-order valence-corrected chi connectivity index (χ4v) is 2.59. The lowest BCUT2D eigenvalue weighted by atomic mass is 9.99. The summed E-state index contributed by atoms with van der Waals surface area (Å²) >= 11 is 0. The van der Waals surface area contributed by atoms with E-state index in [2.05, 4.69) is 18.7 Å². The van der Waals surface area contributed by atoms with Crippen LogP contribution in [0.1, 0.15) is 46.5 Å². The summed E-state index contributed by atoms with van der Waals surface area (Å²) < 4.78 is 0. The Morgan fingerprint density at radius 1 is 0.850 bits per heavy atom. The van der Waals surface area contributed by atoms with E-state index in [0.29, 0.717) is 0 Å². The predicted octanol–water partition coefficient (Wildman–Crippen LogP) is 2.33. The molecule has 2 aliphatic heterocycles. The molecule has 0 saturated carbocycles. The minimum Gasteiger partial charge on any atom is -0.370 e. The summed E-state index contributed by atoms with van der Waals surface area (Å²) in [5.74, 6) is 2.64. The Kier molecular flexibility index (Phi) is 6.82. The van der Waals surface area contributed by atoms with E-state index >= 15 is 0 Å². The van der Waals surface area contributed by atoms with Gasteiger partial charge in [0.15, 0.2) is 5.96 Å². The van der Waals surface area contributed by atoms with Gasteiger partial charge in [-0.3, -0.25) is 10.8 Å². The van der Waals surface area contributed by atoms with Crippen molar-refractivity contribution in [2.24, 2.45) is 17.6 Å². The molecular formula is C15H31N5. The van der Waals surface area contributed by atoms with Gasteiger partial charge in [0.25, 0.3) is 0 Å². The van der Waals surface area contributed by atoms with Crippen molar-refractivity contribution < 1.29 is 0 Å². The summed E-state index contributed by atoms with van der Waals surface area (Å²) in [6.45, 7) is 10.5. The number of nitrogens with zero attached hydrogens (tertiary/aromatic N) is 2. The normalized spacial score (nSPS) is 21.1. The molecule has 0 spiro atoms. The fraction of sp³-hybridized carbons (Fsp3) is 0.867. The minimum absolute atomic E-state index is 0.229. The Balaban J connectivity index is 0.000000200. The van der Waals surface area contributed by atoms with Crippen molar-refractivity contribution in [3.05, 3.63) is 0 Å². The first-order valence-electron chi connectivity index (χ1n) is 7.79. The van der Waals surface area contributed by atoms with Crippen LogP contribution >= 0.6 is 0 Å². The Bertz CT molecular complexity index is 280. The lowest BCUT2D eigenvalue weighted by Gasteiger charge is -2.30. The number of rotatable bonds is 0. The SMILES string of the molecule is CC(=N)N1CCC(C)CC1.CC1CCN(C(=N)N)CC1. The van der Waals surface area contributed by atoms with Crippen LogP contribution < -0.4 is 5.73 Å². The molecule has 5 heteroatoms. The molecule has 0 radical (unpaired) electrons. The number of likely N-dealkylation sites (tertiary alicyclic amines) is 2. The summed E-state index contributed by atoms with van der Waals surface area (Å²) in [7, 11) is 0. The van der Waals surface area contributed by atoms with E-state index in [0.717, 1.165) is 43.9 Å². The molecule has 20 heavy (non-hydrogen) atoms. The van der Waals surface area contributed by atoms with Gasteiger partial charge in [-0.2, -0.15) is 0 Å². The van der Waals surface area contributed by atoms with Crippen LogP contribution in [0.2, 0.25) is 0 Å². The molecule has 5 nitrogen and oxygen atoms in total. The average Bonchev–Trinajstić information content (AvgIpc) is 2.40. The molecule has 0 aromatic heterocycles. The predicted molar refractivity (Wildman–Crippen MR) is 85.3 cm³/mol. The first-order valence-corrected chi connectivity index (χ1v) is 7.79. The van der Waals surface area contributed by atoms with Gasteiger partial charge in [-0.25, -0.2) is 0 Å². The second kappa shape index (κ2) is 8.12. The highest BCUT2D eigenvalue weighted by molar-refractivity contribution is 5.76. The number of guanidine groups is 1. The molecule has 2 heterocycles. The molecule has 0 unspecified atom stereocenters. The van der Waals surface area contributed by atoms with Crippen molar-refractivity contribution in [3.8, 4) is 0 Å². The van der Waals surface area contributed by atoms with E-state index in [4.69, 9.17) is 16.6 Å². The number of hydrogen-bond acceptors (Lipinski definition) is 2. The molecule has 0 aromatic rings. The Hall–Kier alpha value is -1.26. The standard InChI is InChI=1S/C8H16N2.C7H15N3/c1-7-3-5-10(6-4-7)8(2)9;1-6-2-4-10(5-3-6)7(8)9/h7,9H,3-6H2,1-2H3;6H,2-5H2,1H3,(H3,8,9). The maximum atomic E-state index is 7.38. The summed E-state index contributed by atoms with van der Waals surface area (Å²) in [5.41, 5.74) is 5.32. The number of amidine groups is 1. The maximum absolute atomic E-state index is 7.38. The maximum Gasteiger partial charge on any atom is 0.188 e. The van der Waals surface area contributed by atoms with Crippen LogP contribution in [0, 0.1) is 22.7 Å². The van der Waals surface area contributed by atoms with Gasteiger partial charge in [0.1, 0.15) is 0 Å². The van der Waals surface area contributed by atoms with Crippen molar-refractivity contribution in [2.75, 3.05) is 26.2 Å². The average molecular weight is 281 g/mol. The van der Waals surface area contributed by atoms with Gasteiger partial charge in [-0.1, -0.05) is 13.8 Å². The van der Waals surface area contributed by atoms with E-state index in [1.165, 1.54) is 25.7 Å². The van der Waals surface area contributed by atoms with Gasteiger partial charge in [0.2, 0.25) is 0 Å². The Morgan fingerprint density at radius 2 is 1.20 bits per heavy atom. The smallest absolute Gasteiger partial charge is 0.188 e. The van der Waals surface area contributed by atoms with Gasteiger partial charge in [-0.15, -0.1) is 0 Å². The second-order valence-corrected chi connectivity index (χ2v) is 6.31. The molecule has 2 saturated heterocycles. The van der Waals surface area contributed by atoms with E-state index in [1.807, 2.05) is 11.8 Å². The van der Waals surface area contributed by atoms with Gasteiger partial charge in [0.05, 0.1) is 5.84 Å². The highest BCUT2D eigenvalue weighted by atomic mass is 15.2. The van der Waals surface area contributed by atoms with Crippen molar-refractivity contribution in [3.63, 3.8) is 0 Å². The lowest BCUT2D eigenvalue weighted by Crippen LogP contribution is -2.41. The van der Waals surface area contributed by atoms with Crippen molar-refractivity contribution in [1.29, 1.82) is 10.8 Å². The Labute approximate surface area is 123 Å². The molecule has 4 N–H and O–H groups in total. The molecule has 2 aliphatic rings. The molecule has 2 rings (SSSR count). The summed E-state index contributed by atoms with van der Waals surface area (Å²) in [5, 5.41) is 14.5. The molecule has 0 aliphatic carbocycles. The molecule has 2 fully saturated rings. The van der Waals surface area contributed by atoms with E-state index < -0.39 is 0 Å². The third kappa shape index (κ3) is 5.80. The fourth-order valence-electron chi connectivity index (χ4n) is 2.59. The van der Waals surface area contributed by atoms with Crippen LogP contribution in [0.25, 0.3) is 0 Å². The summed E-state index contributed by atoms with van der Waals surface area (Å²) in [6, 6.07) is 0. The molecule has 0 atom stereocenters. The van der Waals surface area contributed by atoms with Gasteiger partial charge < -0.3 is 15.5 Å². The van der Waals surface area contributed by atoms with Gasteiger partial charge in [-0.05, 0) is 44.4 Å². The lowest BCUT2D eigenvalue weighted by molar-refractivity contribution is 0.277. The topological polar surface area (TPSA) is 80.2 Å². The number of nitrogens with one attached hydrogen (secondary N) is 2. The zero-order valence-corrected chi connectivity index (χ0v) is 13.3. The second-order valence-electron chi connectivity index (χ2n) is 6.31. The van der Waals surface area contributed by atoms with Crippen LogP contribution in [0.5, 0.6) is 0 Å². The zero-order valence-electron chi connectivity index (χ0n) is 13.3. The van der Waals surface area contributed by atoms with Crippen molar-refractivity contribution in [2.45, 2.75) is 46.5 Å². The molecule has 116 valence electrons. The van der Waals surface area contributed by atoms with Crippen molar-refractivity contribution >= 4 is 11.8 Å². The highest BCUT2D eigenvalue weighted by Gasteiger charge is 2.16. The third-order valence-corrected chi connectivity index (χ3v) is 4.38. The first-order chi connectivity index (χ1) is 9.40. The largest absolute Gasteiger partial charge is 0.370 e. The third-order valence-electron chi connectivity index (χ3n) is 4.38. The number of hydrogen-bond donors (Lipinski definition) is 3. The van der Waals surface area contributed by atoms with Crippen LogP contribution in [0.4, 0.5) is 0 Å². The Morgan fingerprint density at radius 3 is 1.50 bits per heavy atom. The molecular weight excluding hydrogens is 250 g/mol. The van der Waals surface area contributed by atoms with Gasteiger partial charge in [0, 0.05) is 26.2 Å². The van der Waals surface area contributed by atoms with E-state index in [1.54, 1.807) is 0 Å². The monoisotopic (exact) mass is 281 g/mol. The molecule has 0 bridgehead atoms. The van der Waals surface area contributed by atoms with Crippen LogP contribution in [-0.2, 0) is 0 Å². The van der Waals surface area contributed by atoms with E-state index in [-0.39, 0.29) is 5.96 Å². The first kappa shape index (κ1) is 16.8. The van der Waals surface area contributed by atoms with E-state index in [9.17, 15) is 0 Å².